The SMILES string of the molecule is CCNC(=S)N1CCC(C(N)=O)CC1. The van der Waals surface area contributed by atoms with Crippen LogP contribution in [0, 0.1) is 5.92 Å². The van der Waals surface area contributed by atoms with Crippen LogP contribution in [-0.4, -0.2) is 35.6 Å². The van der Waals surface area contributed by atoms with Crippen LogP contribution < -0.4 is 11.1 Å². The molecule has 1 saturated heterocycles. The van der Waals surface area contributed by atoms with Crippen LogP contribution >= 0.6 is 12.2 Å². The third kappa shape index (κ3) is 2.83. The summed E-state index contributed by atoms with van der Waals surface area (Å²) >= 11 is 5.18. The average molecular weight is 215 g/mol. The van der Waals surface area contributed by atoms with Crippen molar-refractivity contribution in [3.8, 4) is 0 Å². The molecule has 1 aliphatic heterocycles. The Morgan fingerprint density at radius 1 is 1.57 bits per heavy atom. The summed E-state index contributed by atoms with van der Waals surface area (Å²) in [6, 6.07) is 0. The van der Waals surface area contributed by atoms with Gasteiger partial charge in [0.25, 0.3) is 0 Å². The summed E-state index contributed by atoms with van der Waals surface area (Å²) in [5, 5.41) is 3.89. The van der Waals surface area contributed by atoms with Crippen molar-refractivity contribution < 1.29 is 4.79 Å². The standard InChI is InChI=1S/C9H17N3OS/c1-2-11-9(14)12-5-3-7(4-6-12)8(10)13/h7H,2-6H2,1H3,(H2,10,13)(H,11,14). The van der Waals surface area contributed by atoms with Crippen molar-refractivity contribution in [3.05, 3.63) is 0 Å². The van der Waals surface area contributed by atoms with Crippen LogP contribution in [0.25, 0.3) is 0 Å². The van der Waals surface area contributed by atoms with Gasteiger partial charge >= 0.3 is 0 Å². The lowest BCUT2D eigenvalue weighted by Crippen LogP contribution is -2.46. The minimum absolute atomic E-state index is 0.0377. The second kappa shape index (κ2) is 5.14. The molecule has 0 bridgehead atoms. The molecule has 0 radical (unpaired) electrons. The second-order valence-electron chi connectivity index (χ2n) is 3.50. The lowest BCUT2D eigenvalue weighted by atomic mass is 9.97. The summed E-state index contributed by atoms with van der Waals surface area (Å²) in [5.41, 5.74) is 5.24. The number of amides is 1. The number of rotatable bonds is 2. The maximum absolute atomic E-state index is 10.9. The molecule has 0 aliphatic carbocycles. The molecule has 1 amide bonds. The highest BCUT2D eigenvalue weighted by molar-refractivity contribution is 7.80. The number of hydrogen-bond donors (Lipinski definition) is 2. The van der Waals surface area contributed by atoms with Gasteiger partial charge in [-0.3, -0.25) is 4.79 Å². The molecule has 3 N–H and O–H groups in total. The Balaban J connectivity index is 2.35. The number of nitrogens with one attached hydrogen (secondary N) is 1. The molecule has 5 heteroatoms. The lowest BCUT2D eigenvalue weighted by Gasteiger charge is -2.32. The van der Waals surface area contributed by atoms with E-state index in [0.717, 1.165) is 37.6 Å². The summed E-state index contributed by atoms with van der Waals surface area (Å²) in [4.78, 5) is 13.0. The molecule has 1 heterocycles. The minimum atomic E-state index is -0.181. The van der Waals surface area contributed by atoms with Crippen molar-refractivity contribution in [3.63, 3.8) is 0 Å². The molecule has 80 valence electrons. The van der Waals surface area contributed by atoms with Gasteiger partial charge < -0.3 is 16.0 Å². The van der Waals surface area contributed by atoms with E-state index in [4.69, 9.17) is 18.0 Å². The minimum Gasteiger partial charge on any atom is -0.369 e. The predicted octanol–water partition coefficient (Wildman–Crippen LogP) is 0.0781. The fourth-order valence-electron chi connectivity index (χ4n) is 1.63. The monoisotopic (exact) mass is 215 g/mol. The zero-order chi connectivity index (χ0) is 10.6. The van der Waals surface area contributed by atoms with E-state index in [1.165, 1.54) is 0 Å². The number of nitrogens with zero attached hydrogens (tertiary/aromatic N) is 1. The Kier molecular flexibility index (Phi) is 4.13. The first-order valence-electron chi connectivity index (χ1n) is 4.97. The fourth-order valence-corrected chi connectivity index (χ4v) is 1.96. The molecule has 0 atom stereocenters. The number of likely N-dealkylation sites (tertiary alicyclic amines) is 1. The molecule has 1 fully saturated rings. The van der Waals surface area contributed by atoms with E-state index in [9.17, 15) is 4.79 Å². The van der Waals surface area contributed by atoms with E-state index >= 15 is 0 Å². The number of thiocarbonyl (C=S) groups is 1. The Hall–Kier alpha value is -0.840. The van der Waals surface area contributed by atoms with Crippen LogP contribution in [-0.2, 0) is 4.79 Å². The normalized spacial score (nSPS) is 17.9. The van der Waals surface area contributed by atoms with E-state index in [-0.39, 0.29) is 11.8 Å². The summed E-state index contributed by atoms with van der Waals surface area (Å²) in [6.45, 7) is 4.52. The van der Waals surface area contributed by atoms with Gasteiger partial charge in [0.05, 0.1) is 0 Å². The summed E-state index contributed by atoms with van der Waals surface area (Å²) in [5.74, 6) is -0.144. The Bertz CT molecular complexity index is 224. The number of hydrogen-bond acceptors (Lipinski definition) is 2. The molecule has 0 saturated carbocycles. The third-order valence-corrected chi connectivity index (χ3v) is 2.92. The number of carbonyl (C=O) groups is 1. The van der Waals surface area contributed by atoms with Crippen LogP contribution in [0.4, 0.5) is 0 Å². The van der Waals surface area contributed by atoms with Crippen molar-refractivity contribution in [2.75, 3.05) is 19.6 Å². The zero-order valence-corrected chi connectivity index (χ0v) is 9.27. The van der Waals surface area contributed by atoms with Gasteiger partial charge in [-0.15, -0.1) is 0 Å². The first-order chi connectivity index (χ1) is 6.65. The molecule has 0 aromatic carbocycles. The topological polar surface area (TPSA) is 58.4 Å². The van der Waals surface area contributed by atoms with E-state index in [1.807, 2.05) is 6.92 Å². The molecular formula is C9H17N3OS. The molecule has 0 unspecified atom stereocenters. The molecule has 0 spiro atoms. The molecular weight excluding hydrogens is 198 g/mol. The highest BCUT2D eigenvalue weighted by atomic mass is 32.1. The van der Waals surface area contributed by atoms with Gasteiger partial charge in [-0.2, -0.15) is 0 Å². The van der Waals surface area contributed by atoms with E-state index < -0.39 is 0 Å². The number of nitrogens with two attached hydrogens (primary N) is 1. The van der Waals surface area contributed by atoms with Gasteiger partial charge in [0.1, 0.15) is 0 Å². The quantitative estimate of drug-likeness (QED) is 0.640. The Morgan fingerprint density at radius 3 is 2.57 bits per heavy atom. The molecule has 0 aromatic rings. The molecule has 1 rings (SSSR count). The van der Waals surface area contributed by atoms with Crippen LogP contribution in [0.2, 0.25) is 0 Å². The lowest BCUT2D eigenvalue weighted by molar-refractivity contribution is -0.122. The molecule has 0 aromatic heterocycles. The van der Waals surface area contributed by atoms with Crippen LogP contribution in [0.5, 0.6) is 0 Å². The predicted molar refractivity (Wildman–Crippen MR) is 59.8 cm³/mol. The molecule has 4 nitrogen and oxygen atoms in total. The average Bonchev–Trinajstić information content (AvgIpc) is 2.18. The van der Waals surface area contributed by atoms with Crippen molar-refractivity contribution in [1.29, 1.82) is 0 Å². The van der Waals surface area contributed by atoms with Crippen molar-refractivity contribution in [2.24, 2.45) is 11.7 Å². The van der Waals surface area contributed by atoms with Gasteiger partial charge in [-0.05, 0) is 32.0 Å². The van der Waals surface area contributed by atoms with Crippen LogP contribution in [0.15, 0.2) is 0 Å². The molecule has 14 heavy (non-hydrogen) atoms. The first-order valence-corrected chi connectivity index (χ1v) is 5.38. The number of piperidine rings is 1. The van der Waals surface area contributed by atoms with Crippen LogP contribution in [0.3, 0.4) is 0 Å². The van der Waals surface area contributed by atoms with Crippen LogP contribution in [0.1, 0.15) is 19.8 Å². The van der Waals surface area contributed by atoms with E-state index in [0.29, 0.717) is 0 Å². The molecule has 1 aliphatic rings. The zero-order valence-electron chi connectivity index (χ0n) is 8.45. The Morgan fingerprint density at radius 2 is 2.14 bits per heavy atom. The van der Waals surface area contributed by atoms with Crippen molar-refractivity contribution in [1.82, 2.24) is 10.2 Å². The van der Waals surface area contributed by atoms with Crippen molar-refractivity contribution in [2.45, 2.75) is 19.8 Å². The maximum atomic E-state index is 10.9. The first kappa shape index (κ1) is 11.2. The fraction of sp³-hybridized carbons (Fsp3) is 0.778. The number of carbonyl (C=O) groups excluding carboxylic acids is 1. The smallest absolute Gasteiger partial charge is 0.220 e. The van der Waals surface area contributed by atoms with Gasteiger partial charge in [0.15, 0.2) is 5.11 Å². The van der Waals surface area contributed by atoms with Crippen molar-refractivity contribution >= 4 is 23.2 Å². The number of primary amides is 1. The second-order valence-corrected chi connectivity index (χ2v) is 3.89. The Labute approximate surface area is 89.8 Å². The van der Waals surface area contributed by atoms with Gasteiger partial charge in [-0.1, -0.05) is 0 Å². The summed E-state index contributed by atoms with van der Waals surface area (Å²) < 4.78 is 0. The highest BCUT2D eigenvalue weighted by Gasteiger charge is 2.23. The highest BCUT2D eigenvalue weighted by Crippen LogP contribution is 2.16. The van der Waals surface area contributed by atoms with E-state index in [1.54, 1.807) is 0 Å². The maximum Gasteiger partial charge on any atom is 0.220 e. The largest absolute Gasteiger partial charge is 0.369 e. The van der Waals surface area contributed by atoms with E-state index in [2.05, 4.69) is 10.2 Å². The van der Waals surface area contributed by atoms with Gasteiger partial charge in [0, 0.05) is 25.6 Å². The summed E-state index contributed by atoms with van der Waals surface area (Å²) in [7, 11) is 0. The third-order valence-electron chi connectivity index (χ3n) is 2.51. The van der Waals surface area contributed by atoms with Gasteiger partial charge in [0.2, 0.25) is 5.91 Å². The summed E-state index contributed by atoms with van der Waals surface area (Å²) in [6.07, 6.45) is 1.64. The van der Waals surface area contributed by atoms with Gasteiger partial charge in [-0.25, -0.2) is 0 Å².